The van der Waals surface area contributed by atoms with Crippen molar-refractivity contribution in [3.05, 3.63) is 28.1 Å². The molecule has 2 heterocycles. The zero-order valence-corrected chi connectivity index (χ0v) is 10.8. The van der Waals surface area contributed by atoms with Crippen molar-refractivity contribution in [3.8, 4) is 9.88 Å². The summed E-state index contributed by atoms with van der Waals surface area (Å²) in [6.45, 7) is 0. The number of nitrogens with one attached hydrogen (secondary N) is 1. The molecule has 3 rings (SSSR count). The van der Waals surface area contributed by atoms with Crippen molar-refractivity contribution in [1.29, 1.82) is 0 Å². The summed E-state index contributed by atoms with van der Waals surface area (Å²) < 4.78 is 0. The summed E-state index contributed by atoms with van der Waals surface area (Å²) in [6, 6.07) is 4.77. The Balaban J connectivity index is 2.02. The summed E-state index contributed by atoms with van der Waals surface area (Å²) in [4.78, 5) is 7.54. The lowest BCUT2D eigenvalue weighted by Gasteiger charge is -2.19. The Kier molecular flexibility index (Phi) is 2.79. The van der Waals surface area contributed by atoms with E-state index in [-0.39, 0.29) is 0 Å². The van der Waals surface area contributed by atoms with Crippen LogP contribution in [0.15, 0.2) is 17.5 Å². The van der Waals surface area contributed by atoms with Gasteiger partial charge in [0.1, 0.15) is 5.01 Å². The maximum atomic E-state index is 4.78. The number of thiophene rings is 1. The highest BCUT2D eigenvalue weighted by Gasteiger charge is 2.23. The van der Waals surface area contributed by atoms with Crippen LogP contribution in [0.25, 0.3) is 9.88 Å². The predicted octanol–water partition coefficient (Wildman–Crippen LogP) is 3.47. The van der Waals surface area contributed by atoms with Crippen molar-refractivity contribution in [2.75, 3.05) is 7.05 Å². The molecule has 4 heteroatoms. The van der Waals surface area contributed by atoms with E-state index in [0.717, 1.165) is 6.42 Å². The number of hydrogen-bond acceptors (Lipinski definition) is 4. The Labute approximate surface area is 103 Å². The van der Waals surface area contributed by atoms with Gasteiger partial charge in [0.05, 0.1) is 10.6 Å². The quantitative estimate of drug-likeness (QED) is 0.883. The molecule has 2 aromatic rings. The number of rotatable bonds is 2. The normalized spacial score (nSPS) is 19.7. The maximum absolute atomic E-state index is 4.78. The first-order chi connectivity index (χ1) is 7.88. The Morgan fingerprint density at radius 3 is 3.19 bits per heavy atom. The second-order valence-electron chi connectivity index (χ2n) is 4.04. The second kappa shape index (κ2) is 4.28. The van der Waals surface area contributed by atoms with E-state index in [1.807, 2.05) is 18.4 Å². The topological polar surface area (TPSA) is 24.9 Å². The molecule has 1 N–H and O–H groups in total. The Hall–Kier alpha value is -0.710. The molecule has 0 saturated carbocycles. The van der Waals surface area contributed by atoms with E-state index in [1.165, 1.54) is 33.3 Å². The summed E-state index contributed by atoms with van der Waals surface area (Å²) in [5.41, 5.74) is 1.32. The van der Waals surface area contributed by atoms with Crippen LogP contribution in [0.5, 0.6) is 0 Å². The molecule has 0 aromatic carbocycles. The van der Waals surface area contributed by atoms with E-state index < -0.39 is 0 Å². The molecule has 0 amide bonds. The van der Waals surface area contributed by atoms with Crippen molar-refractivity contribution < 1.29 is 0 Å². The summed E-state index contributed by atoms with van der Waals surface area (Å²) in [5.74, 6) is 0. The molecule has 1 atom stereocenters. The number of thiazole rings is 1. The second-order valence-corrected chi connectivity index (χ2v) is 6.02. The number of aryl methyl sites for hydroxylation is 1. The van der Waals surface area contributed by atoms with Gasteiger partial charge in [-0.3, -0.25) is 0 Å². The van der Waals surface area contributed by atoms with Gasteiger partial charge >= 0.3 is 0 Å². The molecule has 16 heavy (non-hydrogen) atoms. The molecule has 0 spiro atoms. The van der Waals surface area contributed by atoms with E-state index in [2.05, 4.69) is 22.8 Å². The Morgan fingerprint density at radius 1 is 1.50 bits per heavy atom. The standard InChI is InChI=1S/C12H14N2S2/c1-13-8-4-2-5-9-11(8)16-12(14-9)10-6-3-7-15-10/h3,6-8,13H,2,4-5H2,1H3. The molecular weight excluding hydrogens is 236 g/mol. The van der Waals surface area contributed by atoms with Crippen molar-refractivity contribution in [3.63, 3.8) is 0 Å². The number of nitrogens with zero attached hydrogens (tertiary/aromatic N) is 1. The van der Waals surface area contributed by atoms with E-state index in [0.29, 0.717) is 6.04 Å². The van der Waals surface area contributed by atoms with Crippen molar-refractivity contribution in [2.24, 2.45) is 0 Å². The molecule has 0 fully saturated rings. The zero-order valence-electron chi connectivity index (χ0n) is 9.19. The van der Waals surface area contributed by atoms with Gasteiger partial charge in [0.2, 0.25) is 0 Å². The minimum atomic E-state index is 0.523. The molecule has 1 unspecified atom stereocenters. The lowest BCUT2D eigenvalue weighted by molar-refractivity contribution is 0.501. The summed E-state index contributed by atoms with van der Waals surface area (Å²) in [5, 5.41) is 6.71. The third kappa shape index (κ3) is 1.71. The third-order valence-corrected chi connectivity index (χ3v) is 5.28. The smallest absolute Gasteiger partial charge is 0.133 e. The Bertz CT molecular complexity index is 473. The minimum absolute atomic E-state index is 0.523. The van der Waals surface area contributed by atoms with Gasteiger partial charge in [-0.2, -0.15) is 0 Å². The molecule has 0 aliphatic heterocycles. The van der Waals surface area contributed by atoms with Gasteiger partial charge in [-0.15, -0.1) is 22.7 Å². The van der Waals surface area contributed by atoms with Crippen LogP contribution in [-0.2, 0) is 6.42 Å². The van der Waals surface area contributed by atoms with Gasteiger partial charge in [0.15, 0.2) is 0 Å². The third-order valence-electron chi connectivity index (χ3n) is 3.03. The molecule has 1 aliphatic rings. The molecule has 0 saturated heterocycles. The summed E-state index contributed by atoms with van der Waals surface area (Å²) in [7, 11) is 2.05. The average molecular weight is 250 g/mol. The van der Waals surface area contributed by atoms with Crippen LogP contribution < -0.4 is 5.32 Å². The molecule has 1 aliphatic carbocycles. The summed E-state index contributed by atoms with van der Waals surface area (Å²) in [6.07, 6.45) is 3.65. The molecule has 84 valence electrons. The molecule has 2 aromatic heterocycles. The number of aromatic nitrogens is 1. The average Bonchev–Trinajstić information content (AvgIpc) is 2.96. The van der Waals surface area contributed by atoms with Crippen LogP contribution in [-0.4, -0.2) is 12.0 Å². The SMILES string of the molecule is CNC1CCCc2nc(-c3cccs3)sc21. The zero-order chi connectivity index (χ0) is 11.0. The van der Waals surface area contributed by atoms with Gasteiger partial charge in [-0.05, 0) is 37.8 Å². The number of hydrogen-bond donors (Lipinski definition) is 1. The minimum Gasteiger partial charge on any atom is -0.312 e. The largest absolute Gasteiger partial charge is 0.312 e. The monoisotopic (exact) mass is 250 g/mol. The number of fused-ring (bicyclic) bond motifs is 1. The molecule has 0 radical (unpaired) electrons. The van der Waals surface area contributed by atoms with Gasteiger partial charge in [0.25, 0.3) is 0 Å². The van der Waals surface area contributed by atoms with E-state index in [9.17, 15) is 0 Å². The van der Waals surface area contributed by atoms with Crippen LogP contribution in [0.1, 0.15) is 29.5 Å². The van der Waals surface area contributed by atoms with Crippen molar-refractivity contribution >= 4 is 22.7 Å². The highest BCUT2D eigenvalue weighted by atomic mass is 32.1. The highest BCUT2D eigenvalue weighted by Crippen LogP contribution is 2.38. The first-order valence-electron chi connectivity index (χ1n) is 5.59. The fourth-order valence-corrected chi connectivity index (χ4v) is 4.25. The van der Waals surface area contributed by atoms with Crippen molar-refractivity contribution in [1.82, 2.24) is 10.3 Å². The van der Waals surface area contributed by atoms with Gasteiger partial charge in [-0.1, -0.05) is 6.07 Å². The fourth-order valence-electron chi connectivity index (χ4n) is 2.20. The lowest BCUT2D eigenvalue weighted by atomic mass is 9.98. The Morgan fingerprint density at radius 2 is 2.44 bits per heavy atom. The highest BCUT2D eigenvalue weighted by molar-refractivity contribution is 7.21. The van der Waals surface area contributed by atoms with E-state index in [4.69, 9.17) is 4.98 Å². The van der Waals surface area contributed by atoms with Gasteiger partial charge < -0.3 is 5.32 Å². The molecule has 0 bridgehead atoms. The maximum Gasteiger partial charge on any atom is 0.133 e. The van der Waals surface area contributed by atoms with Crippen LogP contribution in [0, 0.1) is 0 Å². The van der Waals surface area contributed by atoms with Crippen LogP contribution in [0.3, 0.4) is 0 Å². The van der Waals surface area contributed by atoms with Crippen molar-refractivity contribution in [2.45, 2.75) is 25.3 Å². The van der Waals surface area contributed by atoms with Crippen LogP contribution >= 0.6 is 22.7 Å². The van der Waals surface area contributed by atoms with Crippen LogP contribution in [0.4, 0.5) is 0 Å². The molecular formula is C12H14N2S2. The van der Waals surface area contributed by atoms with E-state index >= 15 is 0 Å². The van der Waals surface area contributed by atoms with Crippen LogP contribution in [0.2, 0.25) is 0 Å². The first-order valence-corrected chi connectivity index (χ1v) is 7.29. The first kappa shape index (κ1) is 10.4. The fraction of sp³-hybridized carbons (Fsp3) is 0.417. The van der Waals surface area contributed by atoms with E-state index in [1.54, 1.807) is 11.3 Å². The van der Waals surface area contributed by atoms with Gasteiger partial charge in [-0.25, -0.2) is 4.98 Å². The predicted molar refractivity (Wildman–Crippen MR) is 70.2 cm³/mol. The summed E-state index contributed by atoms with van der Waals surface area (Å²) >= 11 is 3.64. The molecule has 2 nitrogen and oxygen atoms in total. The lowest BCUT2D eigenvalue weighted by Crippen LogP contribution is -2.19. The van der Waals surface area contributed by atoms with Gasteiger partial charge in [0, 0.05) is 10.9 Å².